The molecule has 3 rings (SSSR count). The predicted molar refractivity (Wildman–Crippen MR) is 115 cm³/mol. The smallest absolute Gasteiger partial charge is 0.307 e. The van der Waals surface area contributed by atoms with Gasteiger partial charge in [-0.2, -0.15) is 0 Å². The number of imide groups is 1. The minimum atomic E-state index is -0.463. The van der Waals surface area contributed by atoms with Gasteiger partial charge in [0.15, 0.2) is 0 Å². The van der Waals surface area contributed by atoms with Crippen LogP contribution in [0.3, 0.4) is 0 Å². The third-order valence-corrected chi connectivity index (χ3v) is 6.70. The molecule has 1 aromatic heterocycles. The van der Waals surface area contributed by atoms with E-state index >= 15 is 0 Å². The number of carbonyl (C=O) groups excluding carboxylic acids is 3. The number of carbonyl (C=O) groups is 3. The molecule has 0 aliphatic carbocycles. The quantitative estimate of drug-likeness (QED) is 0.652. The highest BCUT2D eigenvalue weighted by Gasteiger charge is 2.34. The molecule has 0 spiro atoms. The molecule has 0 atom stereocenters. The Kier molecular flexibility index (Phi) is 6.84. The maximum atomic E-state index is 12.5. The van der Waals surface area contributed by atoms with Crippen LogP contribution >= 0.6 is 46.3 Å². The van der Waals surface area contributed by atoms with Gasteiger partial charge in [-0.15, -0.1) is 0 Å². The van der Waals surface area contributed by atoms with Crippen molar-refractivity contribution in [2.24, 2.45) is 0 Å². The second-order valence-corrected chi connectivity index (χ2v) is 8.65. The van der Waals surface area contributed by atoms with Gasteiger partial charge in [-0.1, -0.05) is 46.7 Å². The van der Waals surface area contributed by atoms with Gasteiger partial charge in [0, 0.05) is 24.2 Å². The molecule has 29 heavy (non-hydrogen) atoms. The Labute approximate surface area is 184 Å². The van der Waals surface area contributed by atoms with E-state index in [1.165, 1.54) is 10.6 Å². The van der Waals surface area contributed by atoms with Crippen LogP contribution in [0.15, 0.2) is 33.3 Å². The molecule has 1 N–H and O–H groups in total. The van der Waals surface area contributed by atoms with Crippen molar-refractivity contribution in [3.05, 3.63) is 59.5 Å². The molecule has 1 aliphatic rings. The molecule has 11 heteroatoms. The van der Waals surface area contributed by atoms with E-state index in [0.717, 1.165) is 28.0 Å². The molecular formula is C18H15Cl2N3O4S2. The maximum absolute atomic E-state index is 12.5. The van der Waals surface area contributed by atoms with Crippen molar-refractivity contribution in [2.75, 3.05) is 13.1 Å². The van der Waals surface area contributed by atoms with E-state index in [-0.39, 0.29) is 35.3 Å². The van der Waals surface area contributed by atoms with Crippen LogP contribution in [0, 0.1) is 6.92 Å². The first kappa shape index (κ1) is 21.6. The molecular weight excluding hydrogens is 457 g/mol. The number of hydrogen-bond donors (Lipinski definition) is 1. The van der Waals surface area contributed by atoms with Gasteiger partial charge in [0.1, 0.15) is 6.54 Å². The molecule has 1 aliphatic heterocycles. The highest BCUT2D eigenvalue weighted by molar-refractivity contribution is 8.18. The molecule has 2 heterocycles. The summed E-state index contributed by atoms with van der Waals surface area (Å²) in [6, 6.07) is 5.01. The summed E-state index contributed by atoms with van der Waals surface area (Å²) in [5.41, 5.74) is 1.24. The zero-order valence-electron chi connectivity index (χ0n) is 15.1. The largest absolute Gasteiger partial charge is 0.353 e. The second-order valence-electron chi connectivity index (χ2n) is 6.06. The van der Waals surface area contributed by atoms with Crippen LogP contribution in [0.4, 0.5) is 4.79 Å². The molecule has 1 fully saturated rings. The van der Waals surface area contributed by atoms with Crippen molar-refractivity contribution in [3.8, 4) is 0 Å². The van der Waals surface area contributed by atoms with Crippen LogP contribution in [-0.2, 0) is 16.1 Å². The summed E-state index contributed by atoms with van der Waals surface area (Å²) in [6.45, 7) is 1.74. The molecule has 152 valence electrons. The normalized spacial score (nSPS) is 15.4. The Morgan fingerprint density at radius 2 is 2.00 bits per heavy atom. The minimum absolute atomic E-state index is 0.0224. The fourth-order valence-corrected chi connectivity index (χ4v) is 4.52. The minimum Gasteiger partial charge on any atom is -0.353 e. The number of nitrogens with zero attached hydrogens (tertiary/aromatic N) is 2. The van der Waals surface area contributed by atoms with E-state index in [2.05, 4.69) is 5.32 Å². The number of benzene rings is 1. The fourth-order valence-electron chi connectivity index (χ4n) is 2.57. The van der Waals surface area contributed by atoms with Crippen LogP contribution < -0.4 is 10.2 Å². The summed E-state index contributed by atoms with van der Waals surface area (Å²) in [5.74, 6) is -0.836. The Morgan fingerprint density at radius 3 is 2.69 bits per heavy atom. The first-order valence-electron chi connectivity index (χ1n) is 8.39. The molecule has 7 nitrogen and oxygen atoms in total. The van der Waals surface area contributed by atoms with Crippen molar-refractivity contribution >= 4 is 69.4 Å². The third kappa shape index (κ3) is 4.92. The summed E-state index contributed by atoms with van der Waals surface area (Å²) in [7, 11) is 0. The van der Waals surface area contributed by atoms with E-state index in [9.17, 15) is 19.2 Å². The fraction of sp³-hybridized carbons (Fsp3) is 0.222. The van der Waals surface area contributed by atoms with Crippen LogP contribution in [-0.4, -0.2) is 39.6 Å². The Balaban J connectivity index is 1.59. The highest BCUT2D eigenvalue weighted by Crippen LogP contribution is 2.34. The van der Waals surface area contributed by atoms with Gasteiger partial charge >= 0.3 is 4.87 Å². The second kappa shape index (κ2) is 9.17. The number of hydrogen-bond acceptors (Lipinski definition) is 6. The topological polar surface area (TPSA) is 88.5 Å². The van der Waals surface area contributed by atoms with E-state index in [0.29, 0.717) is 21.3 Å². The monoisotopic (exact) mass is 471 g/mol. The Hall–Kier alpha value is -2.07. The lowest BCUT2D eigenvalue weighted by Gasteiger charge is -2.13. The number of aromatic nitrogens is 1. The lowest BCUT2D eigenvalue weighted by Crippen LogP contribution is -2.39. The Bertz CT molecular complexity index is 1080. The standard InChI is InChI=1S/C18H15Cl2N3O4S2/c1-10-9-28-17(26)23(10)8-14(24)21-5-6-22-16(25)13(29-18(22)27)7-11-3-2-4-12(19)15(11)20/h2-4,7,9H,5-6,8H2,1H3,(H,21,24)/b13-7-. The summed E-state index contributed by atoms with van der Waals surface area (Å²) in [4.78, 5) is 49.4. The summed E-state index contributed by atoms with van der Waals surface area (Å²) in [5, 5.41) is 4.51. The summed E-state index contributed by atoms with van der Waals surface area (Å²) < 4.78 is 1.36. The van der Waals surface area contributed by atoms with Crippen LogP contribution in [0.2, 0.25) is 10.0 Å². The predicted octanol–water partition coefficient (Wildman–Crippen LogP) is 3.38. The number of aryl methyl sites for hydroxylation is 1. The van der Waals surface area contributed by atoms with E-state index in [1.807, 2.05) is 0 Å². The van der Waals surface area contributed by atoms with Gasteiger partial charge in [0.25, 0.3) is 11.1 Å². The number of nitrogens with one attached hydrogen (secondary N) is 1. The maximum Gasteiger partial charge on any atom is 0.307 e. The highest BCUT2D eigenvalue weighted by atomic mass is 35.5. The molecule has 1 saturated heterocycles. The molecule has 1 aromatic carbocycles. The van der Waals surface area contributed by atoms with Gasteiger partial charge in [0.05, 0.1) is 15.0 Å². The molecule has 0 unspecified atom stereocenters. The molecule has 3 amide bonds. The van der Waals surface area contributed by atoms with Gasteiger partial charge < -0.3 is 5.32 Å². The van der Waals surface area contributed by atoms with Crippen LogP contribution in [0.25, 0.3) is 6.08 Å². The zero-order valence-corrected chi connectivity index (χ0v) is 18.3. The number of rotatable bonds is 6. The molecule has 2 aromatic rings. The van der Waals surface area contributed by atoms with Gasteiger partial charge in [-0.05, 0) is 36.4 Å². The van der Waals surface area contributed by atoms with Gasteiger partial charge in [0.2, 0.25) is 5.91 Å². The van der Waals surface area contributed by atoms with Crippen LogP contribution in [0.5, 0.6) is 0 Å². The summed E-state index contributed by atoms with van der Waals surface area (Å²) >= 11 is 13.9. The number of amides is 3. The average Bonchev–Trinajstić information content (AvgIpc) is 3.12. The first-order chi connectivity index (χ1) is 13.8. The van der Waals surface area contributed by atoms with Crippen molar-refractivity contribution in [3.63, 3.8) is 0 Å². The number of thiazole rings is 1. The van der Waals surface area contributed by atoms with E-state index < -0.39 is 11.1 Å². The zero-order chi connectivity index (χ0) is 21.1. The van der Waals surface area contributed by atoms with Gasteiger partial charge in [-0.25, -0.2) is 0 Å². The van der Waals surface area contributed by atoms with Crippen molar-refractivity contribution in [2.45, 2.75) is 13.5 Å². The van der Waals surface area contributed by atoms with Crippen molar-refractivity contribution in [1.29, 1.82) is 0 Å². The van der Waals surface area contributed by atoms with Crippen LogP contribution in [0.1, 0.15) is 11.3 Å². The molecule has 0 saturated carbocycles. The molecule has 0 radical (unpaired) electrons. The van der Waals surface area contributed by atoms with Gasteiger partial charge in [-0.3, -0.25) is 28.6 Å². The molecule has 0 bridgehead atoms. The lowest BCUT2D eigenvalue weighted by molar-refractivity contribution is -0.124. The lowest BCUT2D eigenvalue weighted by atomic mass is 10.2. The summed E-state index contributed by atoms with van der Waals surface area (Å²) in [6.07, 6.45) is 1.52. The average molecular weight is 472 g/mol. The SMILES string of the molecule is Cc1csc(=O)n1CC(=O)NCCN1C(=O)S/C(=C\c2cccc(Cl)c2Cl)C1=O. The van der Waals surface area contributed by atoms with Crippen molar-refractivity contribution in [1.82, 2.24) is 14.8 Å². The number of halogens is 2. The van der Waals surface area contributed by atoms with E-state index in [4.69, 9.17) is 23.2 Å². The Morgan fingerprint density at radius 1 is 1.24 bits per heavy atom. The first-order valence-corrected chi connectivity index (χ1v) is 10.8. The van der Waals surface area contributed by atoms with Crippen molar-refractivity contribution < 1.29 is 14.4 Å². The third-order valence-electron chi connectivity index (χ3n) is 4.08. The number of thioether (sulfide) groups is 1. The van der Waals surface area contributed by atoms with E-state index in [1.54, 1.807) is 30.5 Å².